The molecule has 2 aliphatic rings. The van der Waals surface area contributed by atoms with Crippen molar-refractivity contribution >= 4 is 23.3 Å². The van der Waals surface area contributed by atoms with Crippen LogP contribution in [-0.2, 0) is 16.0 Å². The highest BCUT2D eigenvalue weighted by atomic mass is 19.1. The van der Waals surface area contributed by atoms with Crippen LogP contribution in [0.5, 0.6) is 0 Å². The first-order chi connectivity index (χ1) is 16.5. The SMILES string of the molecule is Cc1cn(-c2cc(F)c(C(N)=O)c(NC3CCCCC3OC(=O)CN)c2)c2c1C(=O)CC(C)(C)C2. The highest BCUT2D eigenvalue weighted by Gasteiger charge is 2.35. The van der Waals surface area contributed by atoms with Gasteiger partial charge in [0.05, 0.1) is 29.5 Å². The van der Waals surface area contributed by atoms with E-state index in [0.29, 0.717) is 36.9 Å². The Bertz CT molecular complexity index is 1190. The zero-order valence-electron chi connectivity index (χ0n) is 20.4. The Kier molecular flexibility index (Phi) is 6.73. The lowest BCUT2D eigenvalue weighted by molar-refractivity contribution is -0.149. The summed E-state index contributed by atoms with van der Waals surface area (Å²) in [6, 6.07) is 2.61. The molecule has 2 aromatic rings. The van der Waals surface area contributed by atoms with Gasteiger partial charge in [-0.25, -0.2) is 4.39 Å². The number of esters is 1. The van der Waals surface area contributed by atoms with Gasteiger partial charge in [-0.3, -0.25) is 14.4 Å². The fourth-order valence-corrected chi connectivity index (χ4v) is 5.42. The minimum absolute atomic E-state index is 0.0758. The number of amides is 1. The molecule has 4 rings (SSSR count). The van der Waals surface area contributed by atoms with Crippen LogP contribution < -0.4 is 16.8 Å². The molecule has 0 bridgehead atoms. The molecule has 1 fully saturated rings. The highest BCUT2D eigenvalue weighted by molar-refractivity contribution is 6.01. The molecule has 1 aromatic heterocycles. The normalized spacial score (nSPS) is 21.3. The minimum Gasteiger partial charge on any atom is -0.459 e. The van der Waals surface area contributed by atoms with Gasteiger partial charge in [-0.1, -0.05) is 20.3 Å². The zero-order valence-corrected chi connectivity index (χ0v) is 20.4. The number of nitrogens with one attached hydrogen (secondary N) is 1. The number of ketones is 1. The molecule has 1 saturated carbocycles. The first-order valence-electron chi connectivity index (χ1n) is 12.0. The molecular formula is C26H33FN4O4. The highest BCUT2D eigenvalue weighted by Crippen LogP contribution is 2.39. The monoisotopic (exact) mass is 484 g/mol. The van der Waals surface area contributed by atoms with Gasteiger partial charge >= 0.3 is 5.97 Å². The number of ether oxygens (including phenoxy) is 1. The first kappa shape index (κ1) is 24.9. The van der Waals surface area contributed by atoms with E-state index in [2.05, 4.69) is 5.32 Å². The van der Waals surface area contributed by atoms with E-state index in [4.69, 9.17) is 16.2 Å². The Morgan fingerprint density at radius 2 is 1.94 bits per heavy atom. The number of benzene rings is 1. The number of primary amides is 1. The van der Waals surface area contributed by atoms with E-state index in [1.165, 1.54) is 6.07 Å². The minimum atomic E-state index is -0.898. The van der Waals surface area contributed by atoms with Crippen LogP contribution in [0.3, 0.4) is 0 Å². The molecular weight excluding hydrogens is 451 g/mol. The van der Waals surface area contributed by atoms with Crippen molar-refractivity contribution in [3.05, 3.63) is 46.5 Å². The number of carbonyl (C=O) groups is 3. The maximum atomic E-state index is 15.3. The van der Waals surface area contributed by atoms with Gasteiger partial charge in [-0.05, 0) is 55.7 Å². The summed E-state index contributed by atoms with van der Waals surface area (Å²) in [7, 11) is 0. The average Bonchev–Trinajstić information content (AvgIpc) is 3.09. The predicted molar refractivity (Wildman–Crippen MR) is 130 cm³/mol. The molecule has 1 amide bonds. The van der Waals surface area contributed by atoms with Crippen LogP contribution in [0.2, 0.25) is 0 Å². The third-order valence-electron chi connectivity index (χ3n) is 6.95. The molecule has 0 aliphatic heterocycles. The van der Waals surface area contributed by atoms with E-state index in [1.807, 2.05) is 31.5 Å². The standard InChI is InChI=1S/C26H33FN4O4/c1-14-13-31(19-10-26(2,3)11-20(32)23(14)19)15-8-16(27)24(25(29)34)18(9-15)30-17-6-4-5-7-21(17)35-22(33)12-28/h8-9,13,17,21,30H,4-7,10-12,28H2,1-3H3,(H2,29,34). The van der Waals surface area contributed by atoms with E-state index in [-0.39, 0.29) is 35.0 Å². The van der Waals surface area contributed by atoms with Crippen molar-refractivity contribution in [2.24, 2.45) is 16.9 Å². The average molecular weight is 485 g/mol. The number of anilines is 1. The molecule has 0 spiro atoms. The van der Waals surface area contributed by atoms with Gasteiger partial charge in [0.1, 0.15) is 11.9 Å². The predicted octanol–water partition coefficient (Wildman–Crippen LogP) is 3.40. The Morgan fingerprint density at radius 1 is 1.23 bits per heavy atom. The molecule has 2 unspecified atom stereocenters. The molecule has 9 heteroatoms. The number of carbonyl (C=O) groups excluding carboxylic acids is 3. The van der Waals surface area contributed by atoms with Gasteiger partial charge in [0, 0.05) is 23.9 Å². The molecule has 35 heavy (non-hydrogen) atoms. The molecule has 0 radical (unpaired) electrons. The van der Waals surface area contributed by atoms with Crippen LogP contribution in [0.15, 0.2) is 18.3 Å². The number of rotatable bonds is 6. The fourth-order valence-electron chi connectivity index (χ4n) is 5.42. The van der Waals surface area contributed by atoms with Gasteiger partial charge in [-0.15, -0.1) is 0 Å². The van der Waals surface area contributed by atoms with E-state index >= 15 is 4.39 Å². The van der Waals surface area contributed by atoms with Gasteiger partial charge in [0.2, 0.25) is 0 Å². The van der Waals surface area contributed by atoms with Crippen molar-refractivity contribution in [3.8, 4) is 5.69 Å². The second-order valence-corrected chi connectivity index (χ2v) is 10.4. The third-order valence-corrected chi connectivity index (χ3v) is 6.95. The number of fused-ring (bicyclic) bond motifs is 1. The Labute approximate surface area is 204 Å². The first-order valence-corrected chi connectivity index (χ1v) is 12.0. The second-order valence-electron chi connectivity index (χ2n) is 10.4. The Balaban J connectivity index is 1.77. The van der Waals surface area contributed by atoms with Gasteiger partial charge < -0.3 is 26.1 Å². The number of hydrogen-bond acceptors (Lipinski definition) is 6. The number of halogens is 1. The molecule has 5 N–H and O–H groups in total. The van der Waals surface area contributed by atoms with Crippen molar-refractivity contribution in [1.29, 1.82) is 0 Å². The quantitative estimate of drug-likeness (QED) is 0.539. The summed E-state index contributed by atoms with van der Waals surface area (Å²) in [6.07, 6.45) is 5.58. The van der Waals surface area contributed by atoms with Gasteiger partial charge in [0.15, 0.2) is 5.78 Å². The smallest absolute Gasteiger partial charge is 0.320 e. The van der Waals surface area contributed by atoms with Crippen LogP contribution >= 0.6 is 0 Å². The maximum absolute atomic E-state index is 15.3. The van der Waals surface area contributed by atoms with Crippen molar-refractivity contribution < 1.29 is 23.5 Å². The molecule has 1 aromatic carbocycles. The number of nitrogens with two attached hydrogens (primary N) is 2. The maximum Gasteiger partial charge on any atom is 0.320 e. The number of aryl methyl sites for hydroxylation is 1. The number of aromatic nitrogens is 1. The van der Waals surface area contributed by atoms with Crippen LogP contribution in [0.4, 0.5) is 10.1 Å². The van der Waals surface area contributed by atoms with Crippen LogP contribution in [0, 0.1) is 18.2 Å². The number of Topliss-reactive ketones (excluding diaryl/α,β-unsaturated/α-hetero) is 1. The summed E-state index contributed by atoms with van der Waals surface area (Å²) in [6.45, 7) is 5.72. The second kappa shape index (κ2) is 9.45. The summed E-state index contributed by atoms with van der Waals surface area (Å²) in [5.41, 5.74) is 13.5. The molecule has 2 atom stereocenters. The molecule has 188 valence electrons. The van der Waals surface area contributed by atoms with Crippen molar-refractivity contribution in [1.82, 2.24) is 4.57 Å². The largest absolute Gasteiger partial charge is 0.459 e. The van der Waals surface area contributed by atoms with Gasteiger partial charge in [-0.2, -0.15) is 0 Å². The number of hydrogen-bond donors (Lipinski definition) is 3. The van der Waals surface area contributed by atoms with Crippen molar-refractivity contribution in [3.63, 3.8) is 0 Å². The molecule has 2 aliphatic carbocycles. The Morgan fingerprint density at radius 3 is 2.63 bits per heavy atom. The molecule has 1 heterocycles. The summed E-state index contributed by atoms with van der Waals surface area (Å²) < 4.78 is 22.6. The summed E-state index contributed by atoms with van der Waals surface area (Å²) in [5.74, 6) is -2.09. The lowest BCUT2D eigenvalue weighted by Crippen LogP contribution is -2.41. The lowest BCUT2D eigenvalue weighted by Gasteiger charge is -2.33. The number of nitrogens with zero attached hydrogens (tertiary/aromatic N) is 1. The van der Waals surface area contributed by atoms with Crippen molar-refractivity contribution in [2.45, 2.75) is 71.4 Å². The summed E-state index contributed by atoms with van der Waals surface area (Å²) >= 11 is 0. The van der Waals surface area contributed by atoms with Crippen LogP contribution in [0.25, 0.3) is 5.69 Å². The van der Waals surface area contributed by atoms with Crippen LogP contribution in [0.1, 0.15) is 77.9 Å². The van der Waals surface area contributed by atoms with E-state index in [0.717, 1.165) is 24.1 Å². The van der Waals surface area contributed by atoms with E-state index in [9.17, 15) is 14.4 Å². The summed E-state index contributed by atoms with van der Waals surface area (Å²) in [5, 5.41) is 3.23. The van der Waals surface area contributed by atoms with Crippen molar-refractivity contribution in [2.75, 3.05) is 11.9 Å². The van der Waals surface area contributed by atoms with E-state index in [1.54, 1.807) is 6.07 Å². The summed E-state index contributed by atoms with van der Waals surface area (Å²) in [4.78, 5) is 36.9. The van der Waals surface area contributed by atoms with Gasteiger partial charge in [0.25, 0.3) is 5.91 Å². The zero-order chi connectivity index (χ0) is 25.5. The Hall–Kier alpha value is -3.20. The third kappa shape index (κ3) is 4.96. The lowest BCUT2D eigenvalue weighted by atomic mass is 9.75. The topological polar surface area (TPSA) is 129 Å². The van der Waals surface area contributed by atoms with Crippen LogP contribution in [-0.4, -0.2) is 40.9 Å². The molecule has 0 saturated heterocycles. The molecule has 8 nitrogen and oxygen atoms in total. The fraction of sp³-hybridized carbons (Fsp3) is 0.500. The van der Waals surface area contributed by atoms with E-state index < -0.39 is 23.8 Å².